The van der Waals surface area contributed by atoms with Gasteiger partial charge in [-0.3, -0.25) is 4.90 Å². The van der Waals surface area contributed by atoms with Gasteiger partial charge in [0.25, 0.3) is 0 Å². The van der Waals surface area contributed by atoms with Gasteiger partial charge in [-0.2, -0.15) is 0 Å². The molecule has 4 rings (SSSR count). The Morgan fingerprint density at radius 2 is 1.54 bits per heavy atom. The molecule has 2 aromatic carbocycles. The zero-order valence-corrected chi connectivity index (χ0v) is 17.1. The molecule has 1 aliphatic rings. The monoisotopic (exact) mass is 426 g/mol. The number of benzene rings is 2. The summed E-state index contributed by atoms with van der Waals surface area (Å²) in [6.45, 7) is 6.39. The zero-order chi connectivity index (χ0) is 15.6. The smallest absolute Gasteiger partial charge is 0.124 e. The molecule has 137 valence electrons. The molecule has 0 amide bonds. The fourth-order valence-electron chi connectivity index (χ4n) is 3.44. The molecule has 0 spiro atoms. The van der Waals surface area contributed by atoms with Gasteiger partial charge < -0.3 is 4.57 Å². The summed E-state index contributed by atoms with van der Waals surface area (Å²) >= 11 is 0. The van der Waals surface area contributed by atoms with Crippen LogP contribution in [-0.4, -0.2) is 27.5 Å². The predicted octanol–water partition coefficient (Wildman–Crippen LogP) is 5.26. The summed E-state index contributed by atoms with van der Waals surface area (Å²) in [6, 6.07) is 17.3. The molecule has 0 atom stereocenters. The third kappa shape index (κ3) is 5.03. The summed E-state index contributed by atoms with van der Waals surface area (Å²) < 4.78 is 2.39. The normalized spacial score (nSPS) is 13.7. The minimum atomic E-state index is 0. The standard InChI is InChI=1S/C20H23N3.2CH4.Y/c1-16-8-10-17(11-9-16)14-23-19-7-3-2-6-18(19)21-20(23)15-22-12-4-5-13-22;;;/h2-3,6-11H,4-5,12-15H2,1H3;2*1H4;. The summed E-state index contributed by atoms with van der Waals surface area (Å²) in [5.74, 6) is 1.19. The van der Waals surface area contributed by atoms with E-state index in [4.69, 9.17) is 4.98 Å². The van der Waals surface area contributed by atoms with Gasteiger partial charge in [0.2, 0.25) is 0 Å². The minimum absolute atomic E-state index is 0. The summed E-state index contributed by atoms with van der Waals surface area (Å²) in [5, 5.41) is 0. The van der Waals surface area contributed by atoms with E-state index in [0.717, 1.165) is 18.6 Å². The number of imidazole rings is 1. The molecule has 2 heterocycles. The molecule has 0 N–H and O–H groups in total. The van der Waals surface area contributed by atoms with Crippen LogP contribution in [-0.2, 0) is 45.8 Å². The molecule has 0 aliphatic carbocycles. The Hall–Kier alpha value is -1.03. The molecule has 1 aromatic heterocycles. The van der Waals surface area contributed by atoms with Gasteiger partial charge in [-0.15, -0.1) is 0 Å². The summed E-state index contributed by atoms with van der Waals surface area (Å²) in [4.78, 5) is 7.43. The van der Waals surface area contributed by atoms with E-state index in [2.05, 4.69) is 64.9 Å². The molecule has 1 saturated heterocycles. The molecule has 0 unspecified atom stereocenters. The van der Waals surface area contributed by atoms with E-state index in [1.54, 1.807) is 0 Å². The fraction of sp³-hybridized carbons (Fsp3) is 0.409. The topological polar surface area (TPSA) is 21.1 Å². The van der Waals surface area contributed by atoms with Crippen LogP contribution in [0.3, 0.4) is 0 Å². The molecule has 0 bridgehead atoms. The second-order valence-electron chi connectivity index (χ2n) is 6.57. The number of fused-ring (bicyclic) bond motifs is 1. The third-order valence-corrected chi connectivity index (χ3v) is 4.76. The van der Waals surface area contributed by atoms with E-state index in [1.165, 1.54) is 48.4 Å². The quantitative estimate of drug-likeness (QED) is 0.568. The molecule has 1 radical (unpaired) electrons. The van der Waals surface area contributed by atoms with Crippen LogP contribution in [0.5, 0.6) is 0 Å². The Bertz CT molecular complexity index is 802. The van der Waals surface area contributed by atoms with E-state index in [-0.39, 0.29) is 47.6 Å². The van der Waals surface area contributed by atoms with Crippen LogP contribution >= 0.6 is 0 Å². The summed E-state index contributed by atoms with van der Waals surface area (Å²) in [7, 11) is 0. The van der Waals surface area contributed by atoms with Crippen molar-refractivity contribution >= 4 is 11.0 Å². The molecule has 1 fully saturated rings. The number of aryl methyl sites for hydroxylation is 1. The van der Waals surface area contributed by atoms with Gasteiger partial charge >= 0.3 is 0 Å². The first kappa shape index (κ1) is 23.0. The summed E-state index contributed by atoms with van der Waals surface area (Å²) in [6.07, 6.45) is 2.64. The Labute approximate surface area is 183 Å². The average Bonchev–Trinajstić information content (AvgIpc) is 3.19. The Morgan fingerprint density at radius 3 is 2.23 bits per heavy atom. The van der Waals surface area contributed by atoms with Crippen molar-refractivity contribution in [2.24, 2.45) is 0 Å². The van der Waals surface area contributed by atoms with Crippen molar-refractivity contribution in [3.63, 3.8) is 0 Å². The van der Waals surface area contributed by atoms with Gasteiger partial charge in [-0.05, 0) is 50.6 Å². The molecule has 3 nitrogen and oxygen atoms in total. The molecule has 0 saturated carbocycles. The number of nitrogens with zero attached hydrogens (tertiary/aromatic N) is 3. The number of aromatic nitrogens is 2. The predicted molar refractivity (Wildman–Crippen MR) is 108 cm³/mol. The van der Waals surface area contributed by atoms with Crippen molar-refractivity contribution in [3.05, 3.63) is 65.5 Å². The first-order chi connectivity index (χ1) is 11.3. The van der Waals surface area contributed by atoms with Crippen LogP contribution in [0.25, 0.3) is 11.0 Å². The number of rotatable bonds is 4. The van der Waals surface area contributed by atoms with Crippen molar-refractivity contribution in [3.8, 4) is 0 Å². The zero-order valence-electron chi connectivity index (χ0n) is 14.3. The van der Waals surface area contributed by atoms with Crippen LogP contribution < -0.4 is 0 Å². The second-order valence-corrected chi connectivity index (χ2v) is 6.57. The number of hydrogen-bond acceptors (Lipinski definition) is 2. The molecule has 4 heteroatoms. The number of para-hydroxylation sites is 2. The van der Waals surface area contributed by atoms with Crippen LogP contribution in [0.4, 0.5) is 0 Å². The largest absolute Gasteiger partial charge is 0.322 e. The molecular weight excluding hydrogens is 395 g/mol. The van der Waals surface area contributed by atoms with Crippen LogP contribution in [0.15, 0.2) is 48.5 Å². The van der Waals surface area contributed by atoms with Crippen molar-refractivity contribution in [1.82, 2.24) is 14.5 Å². The minimum Gasteiger partial charge on any atom is -0.322 e. The van der Waals surface area contributed by atoms with Crippen LogP contribution in [0, 0.1) is 6.92 Å². The van der Waals surface area contributed by atoms with E-state index in [9.17, 15) is 0 Å². The first-order valence-corrected chi connectivity index (χ1v) is 8.52. The van der Waals surface area contributed by atoms with Crippen LogP contribution in [0.2, 0.25) is 0 Å². The van der Waals surface area contributed by atoms with Crippen molar-refractivity contribution in [2.75, 3.05) is 13.1 Å². The number of likely N-dealkylation sites (tertiary alicyclic amines) is 1. The van der Waals surface area contributed by atoms with E-state index >= 15 is 0 Å². The van der Waals surface area contributed by atoms with Crippen molar-refractivity contribution in [2.45, 2.75) is 47.7 Å². The SMILES string of the molecule is C.C.Cc1ccc(Cn2c(CN3CCCC3)nc3ccccc32)cc1.[Y]. The van der Waals surface area contributed by atoms with E-state index in [1.807, 2.05) is 0 Å². The van der Waals surface area contributed by atoms with E-state index < -0.39 is 0 Å². The van der Waals surface area contributed by atoms with Crippen molar-refractivity contribution < 1.29 is 32.7 Å². The second kappa shape index (κ2) is 10.3. The van der Waals surface area contributed by atoms with Gasteiger partial charge in [0.15, 0.2) is 0 Å². The maximum atomic E-state index is 4.91. The Balaban J connectivity index is 0.00000113. The molecule has 3 aromatic rings. The average molecular weight is 426 g/mol. The van der Waals surface area contributed by atoms with Gasteiger partial charge in [-0.1, -0.05) is 56.8 Å². The fourth-order valence-corrected chi connectivity index (χ4v) is 3.44. The van der Waals surface area contributed by atoms with Crippen LogP contribution in [0.1, 0.15) is 44.6 Å². The Kier molecular flexibility index (Phi) is 9.16. The van der Waals surface area contributed by atoms with Gasteiger partial charge in [0, 0.05) is 39.3 Å². The van der Waals surface area contributed by atoms with Crippen molar-refractivity contribution in [1.29, 1.82) is 0 Å². The molecule has 1 aliphatic heterocycles. The van der Waals surface area contributed by atoms with E-state index in [0.29, 0.717) is 0 Å². The maximum absolute atomic E-state index is 4.91. The maximum Gasteiger partial charge on any atom is 0.124 e. The first-order valence-electron chi connectivity index (χ1n) is 8.52. The summed E-state index contributed by atoms with van der Waals surface area (Å²) in [5.41, 5.74) is 4.99. The molecule has 26 heavy (non-hydrogen) atoms. The van der Waals surface area contributed by atoms with Gasteiger partial charge in [0.05, 0.1) is 17.6 Å². The van der Waals surface area contributed by atoms with Gasteiger partial charge in [0.1, 0.15) is 5.82 Å². The molecular formula is C22H31N3Y. The third-order valence-electron chi connectivity index (χ3n) is 4.76. The van der Waals surface area contributed by atoms with Gasteiger partial charge in [-0.25, -0.2) is 4.98 Å². The number of hydrogen-bond donors (Lipinski definition) is 0. The Morgan fingerprint density at radius 1 is 0.885 bits per heavy atom.